The Hall–Kier alpha value is -0.945. The van der Waals surface area contributed by atoms with Gasteiger partial charge in [-0.2, -0.15) is 0 Å². The molecule has 0 aliphatic carbocycles. The van der Waals surface area contributed by atoms with Crippen LogP contribution in [0.4, 0.5) is 0 Å². The first kappa shape index (κ1) is 16.1. The molecular weight excluding hydrogens is 245 g/mol. The molecule has 5 nitrogen and oxygen atoms in total. The number of hydrogen-bond donors (Lipinski definition) is 2. The van der Waals surface area contributed by atoms with Gasteiger partial charge in [0.2, 0.25) is 0 Å². The van der Waals surface area contributed by atoms with E-state index in [1.165, 1.54) is 6.20 Å². The van der Waals surface area contributed by atoms with Gasteiger partial charge in [-0.15, -0.1) is 0 Å². The van der Waals surface area contributed by atoms with Crippen molar-refractivity contribution in [1.29, 1.82) is 0 Å². The molecule has 0 bridgehead atoms. The van der Waals surface area contributed by atoms with Gasteiger partial charge in [0, 0.05) is 25.0 Å². The van der Waals surface area contributed by atoms with Crippen LogP contribution in [0, 0.1) is 0 Å². The molecule has 0 spiro atoms. The molecule has 1 aromatic rings. The minimum atomic E-state index is -1.15. The lowest BCUT2D eigenvalue weighted by Gasteiger charge is -2.38. The largest absolute Gasteiger partial charge is 0.493 e. The molecule has 0 atom stereocenters. The number of pyridine rings is 1. The van der Waals surface area contributed by atoms with Gasteiger partial charge in [-0.3, -0.25) is 4.98 Å². The molecular formula is C13H22BNO4. The van der Waals surface area contributed by atoms with Gasteiger partial charge < -0.3 is 19.5 Å². The molecule has 0 saturated heterocycles. The Morgan fingerprint density at radius 1 is 1.26 bits per heavy atom. The molecule has 0 aliphatic heterocycles. The normalized spacial score (nSPS) is 12.6. The fraction of sp³-hybridized carbons (Fsp3) is 0.615. The molecule has 0 unspecified atom stereocenters. The van der Waals surface area contributed by atoms with Crippen LogP contribution in [0.2, 0.25) is 0 Å². The SMILES string of the molecule is COCc1cncc(B(O)OC(C)(C)C(C)(C)O)c1. The molecule has 0 fully saturated rings. The number of rotatable bonds is 6. The fourth-order valence-electron chi connectivity index (χ4n) is 1.38. The maximum absolute atomic E-state index is 10.1. The molecule has 2 N–H and O–H groups in total. The fourth-order valence-corrected chi connectivity index (χ4v) is 1.38. The Kier molecular flexibility index (Phi) is 5.09. The van der Waals surface area contributed by atoms with Crippen LogP contribution in [0.25, 0.3) is 0 Å². The number of hydrogen-bond acceptors (Lipinski definition) is 5. The van der Waals surface area contributed by atoms with E-state index < -0.39 is 18.3 Å². The van der Waals surface area contributed by atoms with Gasteiger partial charge in [0.05, 0.1) is 17.8 Å². The van der Waals surface area contributed by atoms with Crippen LogP contribution in [0.15, 0.2) is 18.5 Å². The molecule has 106 valence electrons. The average molecular weight is 267 g/mol. The van der Waals surface area contributed by atoms with Gasteiger partial charge >= 0.3 is 7.12 Å². The Morgan fingerprint density at radius 2 is 1.89 bits per heavy atom. The lowest BCUT2D eigenvalue weighted by atomic mass is 9.77. The van der Waals surface area contributed by atoms with E-state index in [0.717, 1.165) is 5.56 Å². The summed E-state index contributed by atoms with van der Waals surface area (Å²) in [4.78, 5) is 4.03. The first-order chi connectivity index (χ1) is 8.67. The minimum Gasteiger partial charge on any atom is -0.423 e. The molecule has 0 aromatic carbocycles. The second-order valence-electron chi connectivity index (χ2n) is 5.60. The van der Waals surface area contributed by atoms with Crippen molar-refractivity contribution < 1.29 is 19.5 Å². The van der Waals surface area contributed by atoms with E-state index in [4.69, 9.17) is 9.39 Å². The topological polar surface area (TPSA) is 71.8 Å². The van der Waals surface area contributed by atoms with Crippen LogP contribution in [-0.2, 0) is 16.0 Å². The zero-order valence-corrected chi connectivity index (χ0v) is 12.2. The Labute approximate surface area is 114 Å². The average Bonchev–Trinajstić information content (AvgIpc) is 2.27. The summed E-state index contributed by atoms with van der Waals surface area (Å²) in [5.41, 5.74) is -0.592. The second-order valence-corrected chi connectivity index (χ2v) is 5.60. The maximum atomic E-state index is 10.1. The van der Waals surface area contributed by atoms with E-state index in [0.29, 0.717) is 12.1 Å². The summed E-state index contributed by atoms with van der Waals surface area (Å²) < 4.78 is 10.6. The summed E-state index contributed by atoms with van der Waals surface area (Å²) in [7, 11) is 0.447. The van der Waals surface area contributed by atoms with E-state index in [2.05, 4.69) is 4.98 Å². The van der Waals surface area contributed by atoms with Crippen molar-refractivity contribution in [1.82, 2.24) is 4.98 Å². The maximum Gasteiger partial charge on any atom is 0.493 e. The Balaban J connectivity index is 2.83. The van der Waals surface area contributed by atoms with Gasteiger partial charge in [0.15, 0.2) is 0 Å². The molecule has 1 heterocycles. The van der Waals surface area contributed by atoms with Crippen molar-refractivity contribution in [3.63, 3.8) is 0 Å². The van der Waals surface area contributed by atoms with Crippen molar-refractivity contribution >= 4 is 12.6 Å². The third-order valence-electron chi connectivity index (χ3n) is 3.29. The second kappa shape index (κ2) is 6.01. The predicted molar refractivity (Wildman–Crippen MR) is 74.0 cm³/mol. The van der Waals surface area contributed by atoms with E-state index in [9.17, 15) is 10.1 Å². The van der Waals surface area contributed by atoms with Gasteiger partial charge in [-0.25, -0.2) is 0 Å². The zero-order chi connectivity index (χ0) is 14.7. The minimum absolute atomic E-state index is 0.419. The number of aromatic nitrogens is 1. The highest BCUT2D eigenvalue weighted by Gasteiger charge is 2.39. The quantitative estimate of drug-likeness (QED) is 0.733. The number of aliphatic hydroxyl groups is 1. The molecule has 6 heteroatoms. The highest BCUT2D eigenvalue weighted by Crippen LogP contribution is 2.25. The first-order valence-electron chi connectivity index (χ1n) is 6.18. The summed E-state index contributed by atoms with van der Waals surface area (Å²) in [5, 5.41) is 20.1. The summed E-state index contributed by atoms with van der Waals surface area (Å²) in [5.74, 6) is 0. The van der Waals surface area contributed by atoms with Crippen molar-refractivity contribution in [2.75, 3.05) is 7.11 Å². The number of ether oxygens (including phenoxy) is 1. The lowest BCUT2D eigenvalue weighted by molar-refractivity contribution is -0.0982. The summed E-state index contributed by atoms with van der Waals surface area (Å²) in [6.45, 7) is 7.15. The summed E-state index contributed by atoms with van der Waals surface area (Å²) in [6, 6.07) is 1.77. The van der Waals surface area contributed by atoms with E-state index in [-0.39, 0.29) is 0 Å². The van der Waals surface area contributed by atoms with Gasteiger partial charge in [-0.1, -0.05) is 6.07 Å². The third kappa shape index (κ3) is 4.28. The lowest BCUT2D eigenvalue weighted by Crippen LogP contribution is -2.53. The van der Waals surface area contributed by atoms with E-state index in [1.54, 1.807) is 47.1 Å². The third-order valence-corrected chi connectivity index (χ3v) is 3.29. The van der Waals surface area contributed by atoms with Crippen molar-refractivity contribution in [2.24, 2.45) is 0 Å². The summed E-state index contributed by atoms with van der Waals surface area (Å²) >= 11 is 0. The van der Waals surface area contributed by atoms with E-state index >= 15 is 0 Å². The van der Waals surface area contributed by atoms with Crippen molar-refractivity contribution in [3.8, 4) is 0 Å². The molecule has 0 amide bonds. The smallest absolute Gasteiger partial charge is 0.423 e. The highest BCUT2D eigenvalue weighted by atomic mass is 16.5. The van der Waals surface area contributed by atoms with Crippen LogP contribution >= 0.6 is 0 Å². The molecule has 0 aliphatic rings. The van der Waals surface area contributed by atoms with Crippen LogP contribution < -0.4 is 5.46 Å². The van der Waals surface area contributed by atoms with Gasteiger partial charge in [-0.05, 0) is 33.3 Å². The van der Waals surface area contributed by atoms with E-state index in [1.807, 2.05) is 0 Å². The van der Waals surface area contributed by atoms with Gasteiger partial charge in [0.25, 0.3) is 0 Å². The standard InChI is InChI=1S/C13H22BNO4/c1-12(2,16)13(3,4)19-14(17)11-6-10(9-18-5)7-15-8-11/h6-8,16-17H,9H2,1-5H3. The van der Waals surface area contributed by atoms with Crippen LogP contribution in [0.3, 0.4) is 0 Å². The van der Waals surface area contributed by atoms with Crippen LogP contribution in [0.5, 0.6) is 0 Å². The Bertz CT molecular complexity index is 417. The monoisotopic (exact) mass is 267 g/mol. The number of methoxy groups -OCH3 is 1. The molecule has 0 saturated carbocycles. The highest BCUT2D eigenvalue weighted by molar-refractivity contribution is 6.60. The molecule has 0 radical (unpaired) electrons. The summed E-state index contributed by atoms with van der Waals surface area (Å²) in [6.07, 6.45) is 3.20. The van der Waals surface area contributed by atoms with Crippen molar-refractivity contribution in [3.05, 3.63) is 24.0 Å². The zero-order valence-electron chi connectivity index (χ0n) is 12.2. The van der Waals surface area contributed by atoms with Crippen molar-refractivity contribution in [2.45, 2.75) is 45.5 Å². The molecule has 1 aromatic heterocycles. The first-order valence-corrected chi connectivity index (χ1v) is 6.18. The number of nitrogens with zero attached hydrogens (tertiary/aromatic N) is 1. The van der Waals surface area contributed by atoms with Crippen LogP contribution in [-0.4, -0.2) is 40.5 Å². The predicted octanol–water partition coefficient (Wildman–Crippen LogP) is 0.482. The Morgan fingerprint density at radius 3 is 2.42 bits per heavy atom. The van der Waals surface area contributed by atoms with Crippen LogP contribution in [0.1, 0.15) is 33.3 Å². The molecule has 19 heavy (non-hydrogen) atoms. The molecule has 1 rings (SSSR count). The van der Waals surface area contributed by atoms with Gasteiger partial charge in [0.1, 0.15) is 0 Å².